The van der Waals surface area contributed by atoms with Crippen molar-refractivity contribution in [3.63, 3.8) is 0 Å². The van der Waals surface area contributed by atoms with Gasteiger partial charge in [0, 0.05) is 19.0 Å². The molecule has 128 valence electrons. The van der Waals surface area contributed by atoms with Gasteiger partial charge in [0.15, 0.2) is 0 Å². The summed E-state index contributed by atoms with van der Waals surface area (Å²) in [7, 11) is 0. The fourth-order valence-electron chi connectivity index (χ4n) is 3.73. The van der Waals surface area contributed by atoms with E-state index in [1.165, 1.54) is 18.4 Å². The van der Waals surface area contributed by atoms with E-state index in [2.05, 4.69) is 24.3 Å². The molecule has 1 aromatic carbocycles. The molecule has 0 spiro atoms. The van der Waals surface area contributed by atoms with Crippen molar-refractivity contribution in [2.45, 2.75) is 37.7 Å². The van der Waals surface area contributed by atoms with Crippen LogP contribution in [0.4, 0.5) is 0 Å². The highest BCUT2D eigenvalue weighted by Gasteiger charge is 2.35. The Bertz CT molecular complexity index is 491. The maximum Gasteiger partial charge on any atom is 0.248 e. The summed E-state index contributed by atoms with van der Waals surface area (Å²) < 4.78 is 5.76. The van der Waals surface area contributed by atoms with Crippen molar-refractivity contribution in [2.24, 2.45) is 11.7 Å². The Morgan fingerprint density at radius 3 is 2.52 bits per heavy atom. The molecule has 0 radical (unpaired) electrons. The second-order valence-electron chi connectivity index (χ2n) is 6.53. The van der Waals surface area contributed by atoms with Gasteiger partial charge in [0.2, 0.25) is 5.91 Å². The van der Waals surface area contributed by atoms with Crippen LogP contribution in [0.15, 0.2) is 30.3 Å². The number of rotatable bonds is 5. The molecule has 1 saturated carbocycles. The van der Waals surface area contributed by atoms with Crippen LogP contribution in [0.2, 0.25) is 0 Å². The number of carbonyl (C=O) groups excluding carboxylic acids is 1. The van der Waals surface area contributed by atoms with E-state index in [9.17, 15) is 4.79 Å². The maximum atomic E-state index is 12.4. The van der Waals surface area contributed by atoms with Crippen molar-refractivity contribution >= 4 is 18.3 Å². The summed E-state index contributed by atoms with van der Waals surface area (Å²) in [5.74, 6) is 0.809. The summed E-state index contributed by atoms with van der Waals surface area (Å²) in [6.45, 7) is 2.36. The smallest absolute Gasteiger partial charge is 0.248 e. The van der Waals surface area contributed by atoms with E-state index in [4.69, 9.17) is 10.5 Å². The maximum absolute atomic E-state index is 12.4. The molecule has 5 heteroatoms. The molecule has 1 heterocycles. The van der Waals surface area contributed by atoms with Crippen LogP contribution in [0.3, 0.4) is 0 Å². The summed E-state index contributed by atoms with van der Waals surface area (Å²) in [5.41, 5.74) is 7.21. The summed E-state index contributed by atoms with van der Waals surface area (Å²) in [6, 6.07) is 10.4. The predicted octanol–water partition coefficient (Wildman–Crippen LogP) is 2.57. The number of hydrogen-bond donors (Lipinski definition) is 1. The quantitative estimate of drug-likeness (QED) is 0.897. The minimum atomic E-state index is 0. The van der Waals surface area contributed by atoms with Gasteiger partial charge < -0.3 is 15.4 Å². The first kappa shape index (κ1) is 18.2. The van der Waals surface area contributed by atoms with Gasteiger partial charge in [-0.15, -0.1) is 12.4 Å². The van der Waals surface area contributed by atoms with Crippen molar-refractivity contribution in [1.82, 2.24) is 4.90 Å². The molecular formula is C18H27ClN2O2. The van der Waals surface area contributed by atoms with Crippen LogP contribution in [0.25, 0.3) is 0 Å². The number of nitrogens with two attached hydrogens (primary N) is 1. The Hall–Kier alpha value is -1.10. The zero-order valence-electron chi connectivity index (χ0n) is 13.5. The number of nitrogens with zero attached hydrogens (tertiary/aromatic N) is 1. The van der Waals surface area contributed by atoms with Gasteiger partial charge in [0.25, 0.3) is 0 Å². The molecule has 2 atom stereocenters. The molecular weight excluding hydrogens is 312 g/mol. The molecule has 1 aliphatic heterocycles. The van der Waals surface area contributed by atoms with E-state index in [0.717, 1.165) is 25.9 Å². The fraction of sp³-hybridized carbons (Fsp3) is 0.611. The Labute approximate surface area is 144 Å². The van der Waals surface area contributed by atoms with Crippen LogP contribution in [0, 0.1) is 5.92 Å². The highest BCUT2D eigenvalue weighted by Crippen LogP contribution is 2.32. The van der Waals surface area contributed by atoms with Crippen molar-refractivity contribution in [1.29, 1.82) is 0 Å². The molecule has 23 heavy (non-hydrogen) atoms. The molecule has 4 nitrogen and oxygen atoms in total. The first-order chi connectivity index (χ1) is 10.8. The van der Waals surface area contributed by atoms with E-state index in [0.29, 0.717) is 24.5 Å². The molecule has 1 amide bonds. The lowest BCUT2D eigenvalue weighted by molar-refractivity contribution is -0.137. The van der Waals surface area contributed by atoms with Crippen LogP contribution < -0.4 is 5.73 Å². The normalized spacial score (nSPS) is 24.7. The molecule has 2 aliphatic rings. The summed E-state index contributed by atoms with van der Waals surface area (Å²) in [4.78, 5) is 14.3. The Balaban J connectivity index is 0.00000192. The van der Waals surface area contributed by atoms with Crippen molar-refractivity contribution in [3.05, 3.63) is 35.9 Å². The van der Waals surface area contributed by atoms with Gasteiger partial charge in [-0.2, -0.15) is 0 Å². The SMILES string of the molecule is Cl.NC[C@@H]1CN(C(=O)COC2CCCC2)C[C@H]1c1ccccc1. The Morgan fingerprint density at radius 1 is 1.17 bits per heavy atom. The zero-order valence-corrected chi connectivity index (χ0v) is 14.3. The van der Waals surface area contributed by atoms with Gasteiger partial charge in [-0.05, 0) is 30.9 Å². The van der Waals surface area contributed by atoms with Gasteiger partial charge in [-0.1, -0.05) is 43.2 Å². The van der Waals surface area contributed by atoms with Crippen molar-refractivity contribution in [2.75, 3.05) is 26.2 Å². The van der Waals surface area contributed by atoms with Crippen molar-refractivity contribution < 1.29 is 9.53 Å². The molecule has 2 N–H and O–H groups in total. The number of ether oxygens (including phenoxy) is 1. The number of likely N-dealkylation sites (tertiary alicyclic amines) is 1. The number of carbonyl (C=O) groups is 1. The molecule has 0 aromatic heterocycles. The van der Waals surface area contributed by atoms with Crippen LogP contribution in [-0.2, 0) is 9.53 Å². The topological polar surface area (TPSA) is 55.6 Å². The van der Waals surface area contributed by atoms with Crippen LogP contribution in [0.1, 0.15) is 37.2 Å². The third-order valence-electron chi connectivity index (χ3n) is 5.07. The summed E-state index contributed by atoms with van der Waals surface area (Å²) in [6.07, 6.45) is 4.96. The van der Waals surface area contributed by atoms with Gasteiger partial charge >= 0.3 is 0 Å². The second kappa shape index (κ2) is 8.67. The van der Waals surface area contributed by atoms with E-state index in [1.807, 2.05) is 11.0 Å². The first-order valence-electron chi connectivity index (χ1n) is 8.42. The number of amides is 1. The fourth-order valence-corrected chi connectivity index (χ4v) is 3.73. The van der Waals surface area contributed by atoms with Gasteiger partial charge in [0.1, 0.15) is 6.61 Å². The van der Waals surface area contributed by atoms with Crippen LogP contribution in [0.5, 0.6) is 0 Å². The summed E-state index contributed by atoms with van der Waals surface area (Å²) >= 11 is 0. The molecule has 3 rings (SSSR count). The van der Waals surface area contributed by atoms with Gasteiger partial charge in [0.05, 0.1) is 6.10 Å². The van der Waals surface area contributed by atoms with Gasteiger partial charge in [-0.3, -0.25) is 4.79 Å². The monoisotopic (exact) mass is 338 g/mol. The molecule has 2 fully saturated rings. The lowest BCUT2D eigenvalue weighted by atomic mass is 9.89. The largest absolute Gasteiger partial charge is 0.368 e. The predicted molar refractivity (Wildman–Crippen MR) is 93.8 cm³/mol. The lowest BCUT2D eigenvalue weighted by Gasteiger charge is -2.18. The Kier molecular flexibility index (Phi) is 6.88. The number of benzene rings is 1. The van der Waals surface area contributed by atoms with E-state index in [-0.39, 0.29) is 24.9 Å². The van der Waals surface area contributed by atoms with Crippen LogP contribution in [-0.4, -0.2) is 43.2 Å². The number of halogens is 1. The Morgan fingerprint density at radius 2 is 1.87 bits per heavy atom. The summed E-state index contributed by atoms with van der Waals surface area (Å²) in [5, 5.41) is 0. The van der Waals surface area contributed by atoms with Crippen molar-refractivity contribution in [3.8, 4) is 0 Å². The molecule has 1 aromatic rings. The minimum absolute atomic E-state index is 0. The third-order valence-corrected chi connectivity index (χ3v) is 5.07. The second-order valence-corrected chi connectivity index (χ2v) is 6.53. The van der Waals surface area contributed by atoms with E-state index >= 15 is 0 Å². The number of hydrogen-bond acceptors (Lipinski definition) is 3. The first-order valence-corrected chi connectivity index (χ1v) is 8.42. The molecule has 0 bridgehead atoms. The third kappa shape index (κ3) is 4.46. The van der Waals surface area contributed by atoms with E-state index in [1.54, 1.807) is 0 Å². The van der Waals surface area contributed by atoms with Gasteiger partial charge in [-0.25, -0.2) is 0 Å². The minimum Gasteiger partial charge on any atom is -0.368 e. The highest BCUT2D eigenvalue weighted by molar-refractivity contribution is 5.85. The zero-order chi connectivity index (χ0) is 15.4. The standard InChI is InChI=1S/C18H26N2O2.ClH/c19-10-15-11-20(12-17(15)14-6-2-1-3-7-14)18(21)13-22-16-8-4-5-9-16;/h1-3,6-7,15-17H,4-5,8-13,19H2;1H/t15-,17+;/m1./s1. The average Bonchev–Trinajstić information content (AvgIpc) is 3.22. The highest BCUT2D eigenvalue weighted by atomic mass is 35.5. The van der Waals surface area contributed by atoms with E-state index < -0.39 is 0 Å². The van der Waals surface area contributed by atoms with Crippen LogP contribution >= 0.6 is 12.4 Å². The molecule has 1 saturated heterocycles. The average molecular weight is 339 g/mol. The molecule has 1 aliphatic carbocycles. The lowest BCUT2D eigenvalue weighted by Crippen LogP contribution is -2.34. The molecule has 0 unspecified atom stereocenters.